The molecule has 0 unspecified atom stereocenters. The van der Waals surface area contributed by atoms with Crippen LogP contribution in [0.25, 0.3) is 0 Å². The van der Waals surface area contributed by atoms with E-state index in [2.05, 4.69) is 6.92 Å². The zero-order valence-corrected chi connectivity index (χ0v) is 12.0. The molecule has 3 rings (SSSR count). The Morgan fingerprint density at radius 1 is 1.25 bits per heavy atom. The Balaban J connectivity index is 1.75. The third-order valence-corrected chi connectivity index (χ3v) is 4.45. The normalized spacial score (nSPS) is 30.0. The molecule has 3 heteroatoms. The van der Waals surface area contributed by atoms with Crippen molar-refractivity contribution in [1.82, 2.24) is 0 Å². The van der Waals surface area contributed by atoms with Crippen molar-refractivity contribution in [2.75, 3.05) is 0 Å². The number of ether oxygens (including phenoxy) is 1. The van der Waals surface area contributed by atoms with Crippen LogP contribution >= 0.6 is 0 Å². The van der Waals surface area contributed by atoms with E-state index < -0.39 is 5.60 Å². The molecule has 1 aromatic carbocycles. The van der Waals surface area contributed by atoms with Gasteiger partial charge in [0.15, 0.2) is 5.78 Å². The highest BCUT2D eigenvalue weighted by atomic mass is 16.5. The van der Waals surface area contributed by atoms with Crippen LogP contribution in [0.5, 0.6) is 5.75 Å². The van der Waals surface area contributed by atoms with Crippen molar-refractivity contribution in [3.05, 3.63) is 29.8 Å². The number of ketones is 1. The zero-order chi connectivity index (χ0) is 14.2. The van der Waals surface area contributed by atoms with Crippen molar-refractivity contribution >= 4 is 5.78 Å². The van der Waals surface area contributed by atoms with Crippen LogP contribution in [0.3, 0.4) is 0 Å². The van der Waals surface area contributed by atoms with E-state index in [1.165, 1.54) is 0 Å². The number of rotatable bonds is 4. The molecule has 2 fully saturated rings. The van der Waals surface area contributed by atoms with Crippen LogP contribution in [-0.2, 0) is 0 Å². The third kappa shape index (κ3) is 2.88. The van der Waals surface area contributed by atoms with E-state index in [1.54, 1.807) is 12.1 Å². The quantitative estimate of drug-likeness (QED) is 0.856. The summed E-state index contributed by atoms with van der Waals surface area (Å²) in [5.41, 5.74) is -0.606. The highest BCUT2D eigenvalue weighted by Crippen LogP contribution is 2.35. The van der Waals surface area contributed by atoms with Crippen molar-refractivity contribution in [3.63, 3.8) is 0 Å². The van der Waals surface area contributed by atoms with Gasteiger partial charge < -0.3 is 9.84 Å². The zero-order valence-electron chi connectivity index (χ0n) is 12.0. The molecule has 20 heavy (non-hydrogen) atoms. The van der Waals surface area contributed by atoms with E-state index in [0.717, 1.165) is 31.4 Å². The van der Waals surface area contributed by atoms with Crippen LogP contribution in [0.1, 0.15) is 55.8 Å². The van der Waals surface area contributed by atoms with Crippen LogP contribution in [0, 0.1) is 5.92 Å². The molecular formula is C17H22O3. The molecule has 0 spiro atoms. The van der Waals surface area contributed by atoms with Gasteiger partial charge in [-0.15, -0.1) is 0 Å². The van der Waals surface area contributed by atoms with Gasteiger partial charge in [-0.25, -0.2) is 0 Å². The van der Waals surface area contributed by atoms with Gasteiger partial charge in [-0.05, 0) is 56.6 Å². The maximum Gasteiger partial charge on any atom is 0.194 e. The molecule has 2 saturated carbocycles. The minimum Gasteiger partial charge on any atom is -0.490 e. The van der Waals surface area contributed by atoms with Gasteiger partial charge in [-0.2, -0.15) is 0 Å². The highest BCUT2D eigenvalue weighted by molar-refractivity contribution is 6.02. The second kappa shape index (κ2) is 5.21. The first-order valence-corrected chi connectivity index (χ1v) is 7.61. The molecular weight excluding hydrogens is 252 g/mol. The van der Waals surface area contributed by atoms with Crippen molar-refractivity contribution in [1.29, 1.82) is 0 Å². The molecule has 2 aliphatic carbocycles. The molecule has 1 N–H and O–H groups in total. The Kier molecular flexibility index (Phi) is 3.55. The van der Waals surface area contributed by atoms with E-state index in [4.69, 9.17) is 4.74 Å². The molecule has 0 atom stereocenters. The van der Waals surface area contributed by atoms with Crippen LogP contribution in [-0.4, -0.2) is 22.6 Å². The molecule has 2 aliphatic rings. The van der Waals surface area contributed by atoms with Crippen LogP contribution in [0.2, 0.25) is 0 Å². The average Bonchev–Trinajstić information content (AvgIpc) is 3.26. The number of Topliss-reactive ketones (excluding diaryl/α,β-unsaturated/α-hetero) is 1. The minimum absolute atomic E-state index is 0.148. The Labute approximate surface area is 120 Å². The smallest absolute Gasteiger partial charge is 0.194 e. The lowest BCUT2D eigenvalue weighted by molar-refractivity contribution is 0.00424. The van der Waals surface area contributed by atoms with E-state index >= 15 is 0 Å². The van der Waals surface area contributed by atoms with Crippen molar-refractivity contribution < 1.29 is 14.6 Å². The lowest BCUT2D eigenvalue weighted by Gasteiger charge is -2.33. The van der Waals surface area contributed by atoms with E-state index in [9.17, 15) is 9.90 Å². The first-order chi connectivity index (χ1) is 9.57. The maximum atomic E-state index is 12.6. The Hall–Kier alpha value is -1.35. The number of carbonyl (C=O) groups excluding carboxylic acids is 1. The summed E-state index contributed by atoms with van der Waals surface area (Å²) in [7, 11) is 0. The number of carbonyl (C=O) groups is 1. The Morgan fingerprint density at radius 2 is 1.95 bits per heavy atom. The highest BCUT2D eigenvalue weighted by Gasteiger charge is 2.39. The van der Waals surface area contributed by atoms with Gasteiger partial charge in [0, 0.05) is 5.56 Å². The summed E-state index contributed by atoms with van der Waals surface area (Å²) in [6.45, 7) is 2.17. The number of aliphatic hydroxyl groups is 1. The van der Waals surface area contributed by atoms with Crippen molar-refractivity contribution in [2.24, 2.45) is 5.92 Å². The molecule has 3 nitrogen and oxygen atoms in total. The molecule has 0 aromatic heterocycles. The van der Waals surface area contributed by atoms with Gasteiger partial charge in [0.2, 0.25) is 0 Å². The lowest BCUT2D eigenvalue weighted by atomic mass is 9.76. The number of benzene rings is 1. The topological polar surface area (TPSA) is 46.5 Å². The largest absolute Gasteiger partial charge is 0.490 e. The second-order valence-corrected chi connectivity index (χ2v) is 6.39. The summed E-state index contributed by atoms with van der Waals surface area (Å²) in [5, 5.41) is 10.6. The van der Waals surface area contributed by atoms with E-state index in [-0.39, 0.29) is 5.78 Å². The summed E-state index contributed by atoms with van der Waals surface area (Å²) >= 11 is 0. The van der Waals surface area contributed by atoms with Crippen molar-refractivity contribution in [3.8, 4) is 5.75 Å². The van der Waals surface area contributed by atoms with E-state index in [1.807, 2.05) is 12.1 Å². The molecule has 1 aromatic rings. The summed E-state index contributed by atoms with van der Waals surface area (Å²) in [6, 6.07) is 7.26. The minimum atomic E-state index is -1.18. The van der Waals surface area contributed by atoms with Gasteiger partial charge in [0.05, 0.1) is 6.10 Å². The third-order valence-electron chi connectivity index (χ3n) is 4.45. The van der Waals surface area contributed by atoms with Gasteiger partial charge in [-0.1, -0.05) is 19.1 Å². The van der Waals surface area contributed by atoms with Gasteiger partial charge in [0.25, 0.3) is 0 Å². The number of hydrogen-bond donors (Lipinski definition) is 1. The molecule has 0 bridgehead atoms. The molecule has 0 heterocycles. The first kappa shape index (κ1) is 13.6. The molecule has 0 amide bonds. The molecule has 0 aliphatic heterocycles. The average molecular weight is 274 g/mol. The first-order valence-electron chi connectivity index (χ1n) is 7.61. The van der Waals surface area contributed by atoms with Gasteiger partial charge >= 0.3 is 0 Å². The second-order valence-electron chi connectivity index (χ2n) is 6.39. The summed E-state index contributed by atoms with van der Waals surface area (Å²) in [4.78, 5) is 12.6. The SMILES string of the molecule is CC1CCC(O)(C(=O)c2cccc(OC3CC3)c2)CC1. The van der Waals surface area contributed by atoms with Crippen LogP contribution < -0.4 is 4.74 Å². The predicted molar refractivity (Wildman–Crippen MR) is 77.0 cm³/mol. The van der Waals surface area contributed by atoms with Crippen LogP contribution in [0.15, 0.2) is 24.3 Å². The Bertz CT molecular complexity index is 497. The summed E-state index contributed by atoms with van der Waals surface area (Å²) in [6.07, 6.45) is 5.49. The fourth-order valence-corrected chi connectivity index (χ4v) is 2.82. The summed E-state index contributed by atoms with van der Waals surface area (Å²) in [5.74, 6) is 1.20. The van der Waals surface area contributed by atoms with Gasteiger partial charge in [0.1, 0.15) is 11.4 Å². The summed E-state index contributed by atoms with van der Waals surface area (Å²) < 4.78 is 5.72. The fraction of sp³-hybridized carbons (Fsp3) is 0.588. The molecule has 0 radical (unpaired) electrons. The number of hydrogen-bond acceptors (Lipinski definition) is 3. The fourth-order valence-electron chi connectivity index (χ4n) is 2.82. The lowest BCUT2D eigenvalue weighted by Crippen LogP contribution is -2.41. The predicted octanol–water partition coefficient (Wildman–Crippen LogP) is 3.35. The standard InChI is InChI=1S/C17H22O3/c1-12-7-9-17(19,10-8-12)16(18)13-3-2-4-15(11-13)20-14-5-6-14/h2-4,11-12,14,19H,5-10H2,1H3. The van der Waals surface area contributed by atoms with E-state index in [0.29, 0.717) is 30.4 Å². The molecule has 108 valence electrons. The van der Waals surface area contributed by atoms with Crippen LogP contribution in [0.4, 0.5) is 0 Å². The Morgan fingerprint density at radius 3 is 2.60 bits per heavy atom. The van der Waals surface area contributed by atoms with Gasteiger partial charge in [-0.3, -0.25) is 4.79 Å². The molecule has 0 saturated heterocycles. The maximum absolute atomic E-state index is 12.6. The van der Waals surface area contributed by atoms with Crippen molar-refractivity contribution in [2.45, 2.75) is 57.2 Å². The monoisotopic (exact) mass is 274 g/mol.